The van der Waals surface area contributed by atoms with Gasteiger partial charge in [-0.1, -0.05) is 39.7 Å². The zero-order valence-corrected chi connectivity index (χ0v) is 12.4. The van der Waals surface area contributed by atoms with E-state index in [0.717, 1.165) is 15.9 Å². The molecule has 94 valence electrons. The van der Waals surface area contributed by atoms with Gasteiger partial charge in [0.1, 0.15) is 6.54 Å². The normalized spacial score (nSPS) is 10.7. The number of ketones is 1. The molecule has 18 heavy (non-hydrogen) atoms. The quantitative estimate of drug-likeness (QED) is 0.804. The van der Waals surface area contributed by atoms with Gasteiger partial charge in [0.05, 0.1) is 16.4 Å². The summed E-state index contributed by atoms with van der Waals surface area (Å²) in [5.74, 6) is 0.0183. The second-order valence-electron chi connectivity index (χ2n) is 4.07. The summed E-state index contributed by atoms with van der Waals surface area (Å²) in [5.41, 5.74) is 2.24. The van der Waals surface area contributed by atoms with Crippen LogP contribution in [0, 0.1) is 13.8 Å². The molecule has 0 amide bonds. The molecule has 2 rings (SSSR count). The summed E-state index contributed by atoms with van der Waals surface area (Å²) in [4.78, 5) is 12.1. The van der Waals surface area contributed by atoms with Crippen LogP contribution in [0.5, 0.6) is 0 Å². The zero-order chi connectivity index (χ0) is 13.3. The number of halogens is 2. The van der Waals surface area contributed by atoms with Gasteiger partial charge in [-0.2, -0.15) is 5.10 Å². The van der Waals surface area contributed by atoms with Crippen molar-refractivity contribution in [3.63, 3.8) is 0 Å². The maximum absolute atomic E-state index is 12.1. The Morgan fingerprint density at radius 2 is 1.94 bits per heavy atom. The molecule has 1 heterocycles. The van der Waals surface area contributed by atoms with E-state index in [1.165, 1.54) is 0 Å². The van der Waals surface area contributed by atoms with Crippen molar-refractivity contribution in [1.29, 1.82) is 0 Å². The standard InChI is InChI=1S/C13H12BrClN2O/c1-8-13(15)9(2)17(16-8)7-12(18)10-3-5-11(14)6-4-10/h3-6H,7H2,1-2H3. The van der Waals surface area contributed by atoms with Crippen LogP contribution in [-0.4, -0.2) is 15.6 Å². The molecule has 0 saturated carbocycles. The number of nitrogens with zero attached hydrogens (tertiary/aromatic N) is 2. The summed E-state index contributed by atoms with van der Waals surface area (Å²) in [7, 11) is 0. The van der Waals surface area contributed by atoms with Gasteiger partial charge in [0.25, 0.3) is 0 Å². The highest BCUT2D eigenvalue weighted by atomic mass is 79.9. The number of carbonyl (C=O) groups excluding carboxylic acids is 1. The van der Waals surface area contributed by atoms with Crippen LogP contribution < -0.4 is 0 Å². The van der Waals surface area contributed by atoms with Crippen LogP contribution in [0.4, 0.5) is 0 Å². The van der Waals surface area contributed by atoms with Gasteiger partial charge < -0.3 is 0 Å². The molecule has 1 aromatic carbocycles. The van der Waals surface area contributed by atoms with Gasteiger partial charge in [-0.05, 0) is 26.0 Å². The number of carbonyl (C=O) groups is 1. The van der Waals surface area contributed by atoms with Crippen LogP contribution in [0.2, 0.25) is 5.02 Å². The fourth-order valence-electron chi connectivity index (χ4n) is 1.69. The summed E-state index contributed by atoms with van der Waals surface area (Å²) in [5, 5.41) is 4.87. The van der Waals surface area contributed by atoms with Crippen molar-refractivity contribution in [3.05, 3.63) is 50.7 Å². The highest BCUT2D eigenvalue weighted by Crippen LogP contribution is 2.19. The molecule has 3 nitrogen and oxygen atoms in total. The lowest BCUT2D eigenvalue weighted by atomic mass is 10.1. The van der Waals surface area contributed by atoms with Crippen molar-refractivity contribution >= 4 is 33.3 Å². The van der Waals surface area contributed by atoms with Crippen LogP contribution in [0.15, 0.2) is 28.7 Å². The molecule has 0 spiro atoms. The minimum Gasteiger partial charge on any atom is -0.292 e. The van der Waals surface area contributed by atoms with E-state index in [4.69, 9.17) is 11.6 Å². The van der Waals surface area contributed by atoms with Gasteiger partial charge in [-0.25, -0.2) is 0 Å². The van der Waals surface area contributed by atoms with Crippen molar-refractivity contribution in [2.45, 2.75) is 20.4 Å². The summed E-state index contributed by atoms with van der Waals surface area (Å²) in [6.07, 6.45) is 0. The second-order valence-corrected chi connectivity index (χ2v) is 5.37. The van der Waals surface area contributed by atoms with Gasteiger partial charge in [0.2, 0.25) is 0 Å². The Bertz CT molecular complexity index is 590. The van der Waals surface area contributed by atoms with Crippen LogP contribution in [0.3, 0.4) is 0 Å². The average molecular weight is 328 g/mol. The number of aryl methyl sites for hydroxylation is 1. The zero-order valence-electron chi connectivity index (χ0n) is 10.1. The summed E-state index contributed by atoms with van der Waals surface area (Å²) in [6.45, 7) is 3.90. The van der Waals surface area contributed by atoms with E-state index in [9.17, 15) is 4.79 Å². The molecule has 0 radical (unpaired) electrons. The number of hydrogen-bond acceptors (Lipinski definition) is 2. The predicted octanol–water partition coefficient (Wildman–Crippen LogP) is 3.80. The smallest absolute Gasteiger partial charge is 0.184 e. The molecule has 0 N–H and O–H groups in total. The molecule has 0 aliphatic rings. The maximum Gasteiger partial charge on any atom is 0.184 e. The third kappa shape index (κ3) is 2.65. The summed E-state index contributed by atoms with van der Waals surface area (Å²) in [6, 6.07) is 7.28. The third-order valence-electron chi connectivity index (χ3n) is 2.75. The Balaban J connectivity index is 2.21. The fraction of sp³-hybridized carbons (Fsp3) is 0.231. The molecule has 0 bridgehead atoms. The van der Waals surface area contributed by atoms with E-state index in [1.54, 1.807) is 16.8 Å². The average Bonchev–Trinajstić information content (AvgIpc) is 2.58. The molecular weight excluding hydrogens is 316 g/mol. The van der Waals surface area contributed by atoms with Crippen LogP contribution >= 0.6 is 27.5 Å². The largest absolute Gasteiger partial charge is 0.292 e. The van der Waals surface area contributed by atoms with Crippen molar-refractivity contribution in [1.82, 2.24) is 9.78 Å². The maximum atomic E-state index is 12.1. The van der Waals surface area contributed by atoms with Crippen LogP contribution in [-0.2, 0) is 6.54 Å². The number of benzene rings is 1. The fourth-order valence-corrected chi connectivity index (χ4v) is 2.09. The molecule has 1 aromatic heterocycles. The van der Waals surface area contributed by atoms with Crippen molar-refractivity contribution < 1.29 is 4.79 Å². The van der Waals surface area contributed by atoms with Crippen molar-refractivity contribution in [3.8, 4) is 0 Å². The second kappa shape index (κ2) is 5.24. The molecular formula is C13H12BrClN2O. The topological polar surface area (TPSA) is 34.9 Å². The Labute approximate surface area is 119 Å². The van der Waals surface area contributed by atoms with Crippen LogP contribution in [0.1, 0.15) is 21.7 Å². The Morgan fingerprint density at radius 3 is 2.44 bits per heavy atom. The van der Waals surface area contributed by atoms with Crippen LogP contribution in [0.25, 0.3) is 0 Å². The Kier molecular flexibility index (Phi) is 3.88. The lowest BCUT2D eigenvalue weighted by Gasteiger charge is -2.04. The van der Waals surface area contributed by atoms with E-state index in [1.807, 2.05) is 26.0 Å². The Morgan fingerprint density at radius 1 is 1.33 bits per heavy atom. The molecule has 0 fully saturated rings. The number of hydrogen-bond donors (Lipinski definition) is 0. The van der Waals surface area contributed by atoms with Crippen molar-refractivity contribution in [2.24, 2.45) is 0 Å². The van der Waals surface area contributed by atoms with E-state index in [2.05, 4.69) is 21.0 Å². The van der Waals surface area contributed by atoms with E-state index >= 15 is 0 Å². The third-order valence-corrected chi connectivity index (χ3v) is 3.83. The first-order chi connectivity index (χ1) is 8.49. The highest BCUT2D eigenvalue weighted by molar-refractivity contribution is 9.10. The highest BCUT2D eigenvalue weighted by Gasteiger charge is 2.13. The minimum atomic E-state index is 0.0183. The van der Waals surface area contributed by atoms with Gasteiger partial charge >= 0.3 is 0 Å². The van der Waals surface area contributed by atoms with E-state index in [-0.39, 0.29) is 12.3 Å². The van der Waals surface area contributed by atoms with Gasteiger partial charge in [-0.3, -0.25) is 9.48 Å². The summed E-state index contributed by atoms with van der Waals surface area (Å²) >= 11 is 9.39. The first kappa shape index (κ1) is 13.3. The molecule has 5 heteroatoms. The SMILES string of the molecule is Cc1nn(CC(=O)c2ccc(Br)cc2)c(C)c1Cl. The summed E-state index contributed by atoms with van der Waals surface area (Å²) < 4.78 is 2.59. The first-order valence-corrected chi connectivity index (χ1v) is 6.64. The van der Waals surface area contributed by atoms with Gasteiger partial charge in [0, 0.05) is 10.0 Å². The monoisotopic (exact) mass is 326 g/mol. The van der Waals surface area contributed by atoms with Gasteiger partial charge in [0.15, 0.2) is 5.78 Å². The van der Waals surface area contributed by atoms with E-state index in [0.29, 0.717) is 10.6 Å². The van der Waals surface area contributed by atoms with E-state index < -0.39 is 0 Å². The van der Waals surface area contributed by atoms with Gasteiger partial charge in [-0.15, -0.1) is 0 Å². The lowest BCUT2D eigenvalue weighted by molar-refractivity contribution is 0.0966. The lowest BCUT2D eigenvalue weighted by Crippen LogP contribution is -2.13. The number of aromatic nitrogens is 2. The molecule has 0 aliphatic carbocycles. The number of Topliss-reactive ketones (excluding diaryl/α,β-unsaturated/α-hetero) is 1. The molecule has 0 unspecified atom stereocenters. The first-order valence-electron chi connectivity index (χ1n) is 5.47. The predicted molar refractivity (Wildman–Crippen MR) is 75.2 cm³/mol. The Hall–Kier alpha value is -1.13. The number of rotatable bonds is 3. The molecule has 0 atom stereocenters. The van der Waals surface area contributed by atoms with Crippen molar-refractivity contribution in [2.75, 3.05) is 0 Å². The molecule has 2 aromatic rings. The molecule has 0 aliphatic heterocycles. The minimum absolute atomic E-state index is 0.0183. The molecule has 0 saturated heterocycles.